The minimum atomic E-state index is -0.818. The van der Waals surface area contributed by atoms with E-state index in [0.717, 1.165) is 24.6 Å². The average Bonchev–Trinajstić information content (AvgIpc) is 2.87. The van der Waals surface area contributed by atoms with Crippen molar-refractivity contribution in [3.05, 3.63) is 45.8 Å². The number of nitro groups is 1. The second kappa shape index (κ2) is 6.07. The lowest BCUT2D eigenvalue weighted by molar-refractivity contribution is -0.385. The Bertz CT molecular complexity index is 685. The zero-order valence-electron chi connectivity index (χ0n) is 11.1. The maximum absolute atomic E-state index is 13.3. The number of nitro benzene ring substituents is 1. The molecule has 1 aromatic heterocycles. The number of aryl methyl sites for hydroxylation is 1. The highest BCUT2D eigenvalue weighted by Gasteiger charge is 2.15. The lowest BCUT2D eigenvalue weighted by Gasteiger charge is -2.02. The van der Waals surface area contributed by atoms with Gasteiger partial charge >= 0.3 is 0 Å². The monoisotopic (exact) mass is 293 g/mol. The van der Waals surface area contributed by atoms with Crippen molar-refractivity contribution in [2.45, 2.75) is 19.8 Å². The molecule has 0 unspecified atom stereocenters. The molecule has 1 heterocycles. The number of halogens is 1. The summed E-state index contributed by atoms with van der Waals surface area (Å²) >= 11 is 0. The van der Waals surface area contributed by atoms with Crippen molar-refractivity contribution < 1.29 is 14.1 Å². The van der Waals surface area contributed by atoms with E-state index in [0.29, 0.717) is 12.2 Å². The van der Waals surface area contributed by atoms with Gasteiger partial charge in [0.1, 0.15) is 11.6 Å². The number of non-ortho nitro benzene ring substituents is 1. The molecule has 0 radical (unpaired) electrons. The lowest BCUT2D eigenvalue weighted by Crippen LogP contribution is -2.14. The highest BCUT2D eigenvalue weighted by molar-refractivity contribution is 6.01. The Balaban J connectivity index is 2.16. The van der Waals surface area contributed by atoms with Crippen LogP contribution in [-0.4, -0.2) is 26.0 Å². The van der Waals surface area contributed by atoms with Crippen molar-refractivity contribution in [3.63, 3.8) is 0 Å². The van der Waals surface area contributed by atoms with Crippen LogP contribution in [0.25, 0.3) is 0 Å². The first-order valence-corrected chi connectivity index (χ1v) is 6.17. The maximum atomic E-state index is 13.3. The minimum absolute atomic E-state index is 0.0338. The molecule has 0 saturated carbocycles. The molecule has 0 bridgehead atoms. The standard InChI is InChI=1S/C12H12FN5O3/c1-2-3-10-15-11(17-16-10)12(19)14-8-4-7(13)5-9(6-8)18(20)21/h4-6H,2-3H2,1H3,(H,14,19)(H,15,16,17). The molecule has 0 spiro atoms. The summed E-state index contributed by atoms with van der Waals surface area (Å²) in [5.74, 6) is -1.03. The van der Waals surface area contributed by atoms with Gasteiger partial charge in [-0.1, -0.05) is 6.92 Å². The number of benzene rings is 1. The lowest BCUT2D eigenvalue weighted by atomic mass is 10.2. The summed E-state index contributed by atoms with van der Waals surface area (Å²) < 4.78 is 13.3. The summed E-state index contributed by atoms with van der Waals surface area (Å²) in [6, 6.07) is 2.80. The van der Waals surface area contributed by atoms with Gasteiger partial charge in [-0.15, -0.1) is 5.10 Å². The second-order valence-corrected chi connectivity index (χ2v) is 4.27. The molecule has 110 valence electrons. The fraction of sp³-hybridized carbons (Fsp3) is 0.250. The van der Waals surface area contributed by atoms with Crippen LogP contribution in [0.1, 0.15) is 29.8 Å². The van der Waals surface area contributed by atoms with Crippen molar-refractivity contribution in [3.8, 4) is 0 Å². The molecule has 2 aromatic rings. The summed E-state index contributed by atoms with van der Waals surface area (Å²) in [6.07, 6.45) is 1.48. The Labute approximate surface area is 118 Å². The number of amides is 1. The number of hydrogen-bond donors (Lipinski definition) is 2. The van der Waals surface area contributed by atoms with Crippen molar-refractivity contribution in [2.24, 2.45) is 0 Å². The molecule has 8 nitrogen and oxygen atoms in total. The van der Waals surface area contributed by atoms with Gasteiger partial charge in [-0.3, -0.25) is 20.0 Å². The molecule has 21 heavy (non-hydrogen) atoms. The van der Waals surface area contributed by atoms with Crippen molar-refractivity contribution in [1.82, 2.24) is 15.2 Å². The van der Waals surface area contributed by atoms with E-state index < -0.39 is 22.3 Å². The molecule has 0 saturated heterocycles. The topological polar surface area (TPSA) is 114 Å². The Hall–Kier alpha value is -2.84. The number of rotatable bonds is 5. The Morgan fingerprint density at radius 1 is 1.48 bits per heavy atom. The molecule has 0 aliphatic heterocycles. The molecule has 1 amide bonds. The SMILES string of the molecule is CCCc1nc(C(=O)Nc2cc(F)cc([N+](=O)[O-])c2)n[nH]1. The first-order valence-electron chi connectivity index (χ1n) is 6.17. The van der Waals surface area contributed by atoms with Crippen LogP contribution in [0.3, 0.4) is 0 Å². The molecule has 0 aliphatic carbocycles. The van der Waals surface area contributed by atoms with Crippen LogP contribution in [-0.2, 0) is 6.42 Å². The predicted molar refractivity (Wildman–Crippen MR) is 71.4 cm³/mol. The van der Waals surface area contributed by atoms with Gasteiger partial charge in [0, 0.05) is 12.5 Å². The zero-order valence-corrected chi connectivity index (χ0v) is 11.1. The van der Waals surface area contributed by atoms with E-state index in [4.69, 9.17) is 0 Å². The second-order valence-electron chi connectivity index (χ2n) is 4.27. The van der Waals surface area contributed by atoms with Gasteiger partial charge in [0.25, 0.3) is 11.6 Å². The number of hydrogen-bond acceptors (Lipinski definition) is 5. The number of aromatic nitrogens is 3. The Morgan fingerprint density at radius 2 is 2.24 bits per heavy atom. The van der Waals surface area contributed by atoms with Crippen LogP contribution >= 0.6 is 0 Å². The maximum Gasteiger partial charge on any atom is 0.295 e. The third-order valence-corrected chi connectivity index (χ3v) is 2.57. The first-order chi connectivity index (χ1) is 9.99. The Morgan fingerprint density at radius 3 is 2.90 bits per heavy atom. The fourth-order valence-electron chi connectivity index (χ4n) is 1.68. The van der Waals surface area contributed by atoms with Crippen LogP contribution < -0.4 is 5.32 Å². The van der Waals surface area contributed by atoms with Crippen molar-refractivity contribution >= 4 is 17.3 Å². The van der Waals surface area contributed by atoms with Gasteiger partial charge in [0.05, 0.1) is 16.7 Å². The van der Waals surface area contributed by atoms with Gasteiger partial charge in [0.2, 0.25) is 5.82 Å². The molecule has 0 atom stereocenters. The van der Waals surface area contributed by atoms with Crippen LogP contribution in [0.5, 0.6) is 0 Å². The summed E-state index contributed by atoms with van der Waals surface area (Å²) in [5, 5.41) is 19.3. The number of carbonyl (C=O) groups excluding carboxylic acids is 1. The number of anilines is 1. The molecular weight excluding hydrogens is 281 g/mol. The third kappa shape index (κ3) is 3.59. The van der Waals surface area contributed by atoms with Gasteiger partial charge in [0.15, 0.2) is 0 Å². The van der Waals surface area contributed by atoms with E-state index in [2.05, 4.69) is 20.5 Å². The van der Waals surface area contributed by atoms with Gasteiger partial charge in [-0.05, 0) is 12.5 Å². The number of carbonyl (C=O) groups is 1. The third-order valence-electron chi connectivity index (χ3n) is 2.57. The van der Waals surface area contributed by atoms with Gasteiger partial charge in [-0.2, -0.15) is 0 Å². The summed E-state index contributed by atoms with van der Waals surface area (Å²) in [4.78, 5) is 25.7. The highest BCUT2D eigenvalue weighted by Crippen LogP contribution is 2.20. The van der Waals surface area contributed by atoms with E-state index in [9.17, 15) is 19.3 Å². The number of nitrogens with one attached hydrogen (secondary N) is 2. The van der Waals surface area contributed by atoms with E-state index in [1.54, 1.807) is 0 Å². The van der Waals surface area contributed by atoms with Crippen LogP contribution in [0.15, 0.2) is 18.2 Å². The van der Waals surface area contributed by atoms with E-state index >= 15 is 0 Å². The number of H-pyrrole nitrogens is 1. The fourth-order valence-corrected chi connectivity index (χ4v) is 1.68. The smallest absolute Gasteiger partial charge is 0.295 e. The quantitative estimate of drug-likeness (QED) is 0.647. The highest BCUT2D eigenvalue weighted by atomic mass is 19.1. The van der Waals surface area contributed by atoms with E-state index in [-0.39, 0.29) is 11.5 Å². The Kier molecular flexibility index (Phi) is 4.21. The number of aromatic amines is 1. The predicted octanol–water partition coefficient (Wildman–Crippen LogP) is 2.06. The summed E-state index contributed by atoms with van der Waals surface area (Å²) in [7, 11) is 0. The normalized spacial score (nSPS) is 10.4. The molecule has 9 heteroatoms. The van der Waals surface area contributed by atoms with Crippen LogP contribution in [0.2, 0.25) is 0 Å². The van der Waals surface area contributed by atoms with Crippen molar-refractivity contribution in [2.75, 3.05) is 5.32 Å². The first kappa shape index (κ1) is 14.6. The average molecular weight is 293 g/mol. The van der Waals surface area contributed by atoms with E-state index in [1.165, 1.54) is 0 Å². The van der Waals surface area contributed by atoms with Crippen LogP contribution in [0, 0.1) is 15.9 Å². The van der Waals surface area contributed by atoms with E-state index in [1.807, 2.05) is 6.92 Å². The van der Waals surface area contributed by atoms with Gasteiger partial charge < -0.3 is 5.32 Å². The van der Waals surface area contributed by atoms with Gasteiger partial charge in [-0.25, -0.2) is 9.37 Å². The molecule has 1 aromatic carbocycles. The molecule has 0 aliphatic rings. The largest absolute Gasteiger partial charge is 0.319 e. The molecule has 0 fully saturated rings. The molecule has 2 rings (SSSR count). The number of nitrogens with zero attached hydrogens (tertiary/aromatic N) is 3. The zero-order chi connectivity index (χ0) is 15.4. The molecular formula is C12H12FN5O3. The summed E-state index contributed by atoms with van der Waals surface area (Å²) in [6.45, 7) is 1.95. The van der Waals surface area contributed by atoms with Crippen molar-refractivity contribution in [1.29, 1.82) is 0 Å². The van der Waals surface area contributed by atoms with Crippen LogP contribution in [0.4, 0.5) is 15.8 Å². The summed E-state index contributed by atoms with van der Waals surface area (Å²) in [5.41, 5.74) is -0.486. The molecule has 2 N–H and O–H groups in total. The minimum Gasteiger partial charge on any atom is -0.319 e.